The molecule has 0 N–H and O–H groups in total. The molecule has 0 amide bonds. The Hall–Kier alpha value is -1.81. The molecule has 0 spiro atoms. The second-order valence-corrected chi connectivity index (χ2v) is 4.78. The monoisotopic (exact) mass is 278 g/mol. The highest BCUT2D eigenvalue weighted by atomic mass is 35.5. The topological polar surface area (TPSA) is 44.1 Å². The van der Waals surface area contributed by atoms with Crippen molar-refractivity contribution < 1.29 is 9.53 Å². The zero-order chi connectivity index (χ0) is 13.8. The summed E-state index contributed by atoms with van der Waals surface area (Å²) >= 11 is 5.86. The fraction of sp³-hybridized carbons (Fsp3) is 0.286. The molecular weight excluding hydrogens is 264 g/mol. The third kappa shape index (κ3) is 3.83. The minimum atomic E-state index is -0.527. The number of carbonyl (C=O) groups is 1. The predicted molar refractivity (Wildman–Crippen MR) is 73.5 cm³/mol. The molecule has 1 heterocycles. The van der Waals surface area contributed by atoms with E-state index in [1.807, 2.05) is 19.3 Å². The largest absolute Gasteiger partial charge is 0.483 e. The lowest BCUT2D eigenvalue weighted by molar-refractivity contribution is -0.124. The summed E-state index contributed by atoms with van der Waals surface area (Å²) in [5.41, 5.74) is 0.744. The summed E-state index contributed by atoms with van der Waals surface area (Å²) < 4.78 is 7.24. The summed E-state index contributed by atoms with van der Waals surface area (Å²) in [4.78, 5) is 12.0. The number of carbonyl (C=O) groups excluding carboxylic acids is 1. The number of benzene rings is 1. The van der Waals surface area contributed by atoms with Gasteiger partial charge in [-0.25, -0.2) is 0 Å². The third-order valence-electron chi connectivity index (χ3n) is 2.69. The van der Waals surface area contributed by atoms with E-state index in [2.05, 4.69) is 5.10 Å². The van der Waals surface area contributed by atoms with Crippen LogP contribution in [0.4, 0.5) is 0 Å². The summed E-state index contributed by atoms with van der Waals surface area (Å²) in [6, 6.07) is 8.83. The molecule has 0 fully saturated rings. The Bertz CT molecular complexity index is 580. The molecule has 0 bridgehead atoms. The van der Waals surface area contributed by atoms with Crippen molar-refractivity contribution in [3.63, 3.8) is 0 Å². The van der Waals surface area contributed by atoms with Crippen LogP contribution in [-0.2, 0) is 18.3 Å². The van der Waals surface area contributed by atoms with Crippen molar-refractivity contribution in [1.82, 2.24) is 9.78 Å². The molecule has 5 heteroatoms. The van der Waals surface area contributed by atoms with Gasteiger partial charge in [-0.3, -0.25) is 9.48 Å². The van der Waals surface area contributed by atoms with Crippen LogP contribution in [0.2, 0.25) is 5.02 Å². The summed E-state index contributed by atoms with van der Waals surface area (Å²) in [7, 11) is 1.82. The van der Waals surface area contributed by atoms with Gasteiger partial charge in [0.25, 0.3) is 0 Å². The molecule has 0 saturated heterocycles. The number of rotatable bonds is 5. The van der Waals surface area contributed by atoms with Gasteiger partial charge in [-0.1, -0.05) is 17.7 Å². The van der Waals surface area contributed by atoms with E-state index in [0.717, 1.165) is 5.69 Å². The lowest BCUT2D eigenvalue weighted by Crippen LogP contribution is -2.25. The van der Waals surface area contributed by atoms with Crippen LogP contribution in [0.1, 0.15) is 12.6 Å². The van der Waals surface area contributed by atoms with Gasteiger partial charge in [-0.2, -0.15) is 5.10 Å². The molecular formula is C14H15ClN2O2. The van der Waals surface area contributed by atoms with E-state index in [9.17, 15) is 4.79 Å². The number of ether oxygens (including phenoxy) is 1. The van der Waals surface area contributed by atoms with E-state index in [0.29, 0.717) is 10.8 Å². The molecule has 100 valence electrons. The van der Waals surface area contributed by atoms with E-state index in [1.54, 1.807) is 35.9 Å². The Labute approximate surface area is 116 Å². The molecule has 2 aromatic rings. The molecule has 1 unspecified atom stereocenters. The van der Waals surface area contributed by atoms with Gasteiger partial charge in [0.15, 0.2) is 11.9 Å². The van der Waals surface area contributed by atoms with Gasteiger partial charge in [0.1, 0.15) is 5.75 Å². The first-order chi connectivity index (χ1) is 9.04. The van der Waals surface area contributed by atoms with Gasteiger partial charge >= 0.3 is 0 Å². The van der Waals surface area contributed by atoms with E-state index < -0.39 is 6.10 Å². The maximum Gasteiger partial charge on any atom is 0.178 e. The molecule has 1 aromatic carbocycles. The molecule has 2 rings (SSSR count). The van der Waals surface area contributed by atoms with Gasteiger partial charge in [0.2, 0.25) is 0 Å². The number of aromatic nitrogens is 2. The summed E-state index contributed by atoms with van der Waals surface area (Å²) in [6.07, 6.45) is 1.55. The number of aryl methyl sites for hydroxylation is 1. The fourth-order valence-electron chi connectivity index (χ4n) is 1.69. The number of ketones is 1. The standard InChI is InChI=1S/C14H15ClN2O2/c1-10(19-13-5-3-4-11(15)8-13)14(18)9-12-6-7-17(2)16-12/h3-8,10H,9H2,1-2H3. The number of nitrogens with zero attached hydrogens (tertiary/aromatic N) is 2. The fourth-order valence-corrected chi connectivity index (χ4v) is 1.87. The maximum atomic E-state index is 12.0. The van der Waals surface area contributed by atoms with E-state index in [1.165, 1.54) is 0 Å². The third-order valence-corrected chi connectivity index (χ3v) is 2.92. The first-order valence-electron chi connectivity index (χ1n) is 5.98. The molecule has 0 aliphatic carbocycles. The van der Waals surface area contributed by atoms with Crippen molar-refractivity contribution in [2.45, 2.75) is 19.4 Å². The zero-order valence-electron chi connectivity index (χ0n) is 10.8. The van der Waals surface area contributed by atoms with Gasteiger partial charge in [-0.05, 0) is 31.2 Å². The van der Waals surface area contributed by atoms with Gasteiger partial charge in [0, 0.05) is 18.3 Å². The van der Waals surface area contributed by atoms with Crippen LogP contribution in [0.15, 0.2) is 36.5 Å². The van der Waals surface area contributed by atoms with Gasteiger partial charge < -0.3 is 4.74 Å². The maximum absolute atomic E-state index is 12.0. The second kappa shape index (κ2) is 5.89. The van der Waals surface area contributed by atoms with Crippen molar-refractivity contribution in [3.05, 3.63) is 47.2 Å². The number of hydrogen-bond donors (Lipinski definition) is 0. The number of Topliss-reactive ketones (excluding diaryl/α,β-unsaturated/α-hetero) is 1. The molecule has 0 radical (unpaired) electrons. The quantitative estimate of drug-likeness (QED) is 0.844. The molecule has 1 aromatic heterocycles. The van der Waals surface area contributed by atoms with Crippen LogP contribution < -0.4 is 4.74 Å². The number of halogens is 1. The number of hydrogen-bond acceptors (Lipinski definition) is 3. The summed E-state index contributed by atoms with van der Waals surface area (Å²) in [6.45, 7) is 1.73. The van der Waals surface area contributed by atoms with E-state index in [-0.39, 0.29) is 12.2 Å². The highest BCUT2D eigenvalue weighted by Crippen LogP contribution is 2.18. The molecule has 1 atom stereocenters. The average molecular weight is 279 g/mol. The first-order valence-corrected chi connectivity index (χ1v) is 6.36. The SMILES string of the molecule is CC(Oc1cccc(Cl)c1)C(=O)Cc1ccn(C)n1. The normalized spacial score (nSPS) is 12.2. The summed E-state index contributed by atoms with van der Waals surface area (Å²) in [5, 5.41) is 4.76. The van der Waals surface area contributed by atoms with Crippen LogP contribution >= 0.6 is 11.6 Å². The smallest absolute Gasteiger partial charge is 0.178 e. The molecule has 19 heavy (non-hydrogen) atoms. The predicted octanol–water partition coefficient (Wildman–Crippen LogP) is 2.65. The minimum Gasteiger partial charge on any atom is -0.483 e. The van der Waals surface area contributed by atoms with Crippen molar-refractivity contribution in [2.75, 3.05) is 0 Å². The Kier molecular flexibility index (Phi) is 4.22. The van der Waals surface area contributed by atoms with E-state index >= 15 is 0 Å². The van der Waals surface area contributed by atoms with Crippen LogP contribution in [0, 0.1) is 0 Å². The zero-order valence-corrected chi connectivity index (χ0v) is 11.6. The Morgan fingerprint density at radius 2 is 2.26 bits per heavy atom. The van der Waals surface area contributed by atoms with Crippen LogP contribution in [-0.4, -0.2) is 21.7 Å². The van der Waals surface area contributed by atoms with Crippen molar-refractivity contribution in [1.29, 1.82) is 0 Å². The van der Waals surface area contributed by atoms with E-state index in [4.69, 9.17) is 16.3 Å². The summed E-state index contributed by atoms with van der Waals surface area (Å²) in [5.74, 6) is 0.577. The van der Waals surface area contributed by atoms with Crippen LogP contribution in [0.5, 0.6) is 5.75 Å². The lowest BCUT2D eigenvalue weighted by atomic mass is 10.1. The van der Waals surface area contributed by atoms with Crippen molar-refractivity contribution in [2.24, 2.45) is 7.05 Å². The van der Waals surface area contributed by atoms with Crippen LogP contribution in [0.25, 0.3) is 0 Å². The Morgan fingerprint density at radius 3 is 2.89 bits per heavy atom. The lowest BCUT2D eigenvalue weighted by Gasteiger charge is -2.13. The minimum absolute atomic E-state index is 0.0151. The van der Waals surface area contributed by atoms with Crippen molar-refractivity contribution in [3.8, 4) is 5.75 Å². The average Bonchev–Trinajstić information content (AvgIpc) is 2.74. The Morgan fingerprint density at radius 1 is 1.47 bits per heavy atom. The molecule has 0 saturated carbocycles. The highest BCUT2D eigenvalue weighted by Gasteiger charge is 2.16. The van der Waals surface area contributed by atoms with Gasteiger partial charge in [0.05, 0.1) is 12.1 Å². The molecule has 0 aliphatic heterocycles. The first kappa shape index (κ1) is 13.6. The Balaban J connectivity index is 1.96. The van der Waals surface area contributed by atoms with Crippen molar-refractivity contribution >= 4 is 17.4 Å². The molecule has 4 nitrogen and oxygen atoms in total. The highest BCUT2D eigenvalue weighted by molar-refractivity contribution is 6.30. The van der Waals surface area contributed by atoms with Gasteiger partial charge in [-0.15, -0.1) is 0 Å². The van der Waals surface area contributed by atoms with Crippen LogP contribution in [0.3, 0.4) is 0 Å². The second-order valence-electron chi connectivity index (χ2n) is 4.34. The molecule has 0 aliphatic rings.